The average Bonchev–Trinajstić information content (AvgIpc) is 2.52. The first kappa shape index (κ1) is 7.53. The number of nitrogens with one attached hydrogen (secondary N) is 1. The minimum absolute atomic E-state index is 0.590. The predicted molar refractivity (Wildman–Crippen MR) is 43.0 cm³/mol. The highest BCUT2D eigenvalue weighted by atomic mass is 15.2. The minimum atomic E-state index is 0.590. The third-order valence-electron chi connectivity index (χ3n) is 1.29. The Morgan fingerprint density at radius 1 is 1.73 bits per heavy atom. The Morgan fingerprint density at radius 2 is 2.55 bits per heavy atom. The zero-order chi connectivity index (χ0) is 8.10. The Labute approximate surface area is 65.3 Å². The Bertz CT molecular complexity index is 219. The summed E-state index contributed by atoms with van der Waals surface area (Å²) in [6, 6.07) is 0. The van der Waals surface area contributed by atoms with Crippen LogP contribution in [0.1, 0.15) is 0 Å². The van der Waals surface area contributed by atoms with E-state index < -0.39 is 0 Å². The lowest BCUT2D eigenvalue weighted by atomic mass is 10.7. The zero-order valence-electron chi connectivity index (χ0n) is 6.14. The molecule has 1 aromatic heterocycles. The molecule has 0 aromatic carbocycles. The van der Waals surface area contributed by atoms with E-state index in [4.69, 9.17) is 5.41 Å². The Balaban J connectivity index is 2.54. The predicted octanol–water partition coefficient (Wildman–Crippen LogP) is 0.893. The number of rotatable bonds is 4. The molecule has 0 fully saturated rings. The molecular formula is C7H10N4. The van der Waals surface area contributed by atoms with Gasteiger partial charge in [-0.15, -0.1) is 0 Å². The van der Waals surface area contributed by atoms with Crippen LogP contribution in [0.2, 0.25) is 0 Å². The van der Waals surface area contributed by atoms with Gasteiger partial charge in [-0.2, -0.15) is 0 Å². The van der Waals surface area contributed by atoms with Crippen LogP contribution < -0.4 is 0 Å². The molecule has 0 atom stereocenters. The van der Waals surface area contributed by atoms with Gasteiger partial charge in [0.15, 0.2) is 0 Å². The van der Waals surface area contributed by atoms with Crippen LogP contribution in [-0.2, 0) is 6.67 Å². The first-order valence-corrected chi connectivity index (χ1v) is 3.21. The van der Waals surface area contributed by atoms with Crippen molar-refractivity contribution in [2.45, 2.75) is 6.67 Å². The summed E-state index contributed by atoms with van der Waals surface area (Å²) in [5.41, 5.74) is 0. The summed E-state index contributed by atoms with van der Waals surface area (Å²) in [5, 5.41) is 6.96. The van der Waals surface area contributed by atoms with Crippen molar-refractivity contribution in [3.05, 3.63) is 31.5 Å². The second-order valence-electron chi connectivity index (χ2n) is 2.04. The highest BCUT2D eigenvalue weighted by molar-refractivity contribution is 5.51. The smallest absolute Gasteiger partial charge is 0.101 e. The molecule has 1 heterocycles. The third kappa shape index (κ3) is 1.93. The second-order valence-corrected chi connectivity index (χ2v) is 2.04. The number of nitrogens with zero attached hydrogens (tertiary/aromatic N) is 3. The third-order valence-corrected chi connectivity index (χ3v) is 1.29. The van der Waals surface area contributed by atoms with Crippen molar-refractivity contribution in [1.82, 2.24) is 14.5 Å². The van der Waals surface area contributed by atoms with Crippen LogP contribution in [0.4, 0.5) is 0 Å². The second kappa shape index (κ2) is 3.55. The molecule has 0 bridgehead atoms. The fourth-order valence-electron chi connectivity index (χ4n) is 0.710. The molecule has 1 N–H and O–H groups in total. The van der Waals surface area contributed by atoms with Gasteiger partial charge in [0.2, 0.25) is 0 Å². The average molecular weight is 150 g/mol. The highest BCUT2D eigenvalue weighted by Crippen LogP contribution is 1.90. The van der Waals surface area contributed by atoms with Crippen molar-refractivity contribution < 1.29 is 0 Å². The van der Waals surface area contributed by atoms with Crippen LogP contribution in [0.5, 0.6) is 0 Å². The van der Waals surface area contributed by atoms with Gasteiger partial charge < -0.3 is 9.47 Å². The quantitative estimate of drug-likeness (QED) is 0.511. The summed E-state index contributed by atoms with van der Waals surface area (Å²) in [6.45, 7) is 4.14. The Morgan fingerprint density at radius 3 is 3.00 bits per heavy atom. The van der Waals surface area contributed by atoms with Crippen LogP contribution >= 0.6 is 0 Å². The monoisotopic (exact) mass is 150 g/mol. The van der Waals surface area contributed by atoms with Crippen LogP contribution in [0.25, 0.3) is 0 Å². The maximum absolute atomic E-state index is 6.96. The molecular weight excluding hydrogens is 140 g/mol. The molecule has 58 valence electrons. The number of hydrogen-bond acceptors (Lipinski definition) is 2. The number of imidazole rings is 1. The molecule has 0 unspecified atom stereocenters. The summed E-state index contributed by atoms with van der Waals surface area (Å²) in [5.74, 6) is 0. The van der Waals surface area contributed by atoms with Gasteiger partial charge >= 0.3 is 0 Å². The van der Waals surface area contributed by atoms with Gasteiger partial charge in [0, 0.05) is 12.4 Å². The van der Waals surface area contributed by atoms with Gasteiger partial charge in [-0.05, 0) is 6.20 Å². The lowest BCUT2D eigenvalue weighted by molar-refractivity contribution is 0.450. The lowest BCUT2D eigenvalue weighted by Crippen LogP contribution is -2.17. The van der Waals surface area contributed by atoms with Gasteiger partial charge in [0.1, 0.15) is 6.67 Å². The summed E-state index contributed by atoms with van der Waals surface area (Å²) < 4.78 is 1.85. The van der Waals surface area contributed by atoms with Gasteiger partial charge in [0.25, 0.3) is 0 Å². The molecule has 0 aliphatic rings. The zero-order valence-corrected chi connectivity index (χ0v) is 6.14. The topological polar surface area (TPSA) is 44.9 Å². The summed E-state index contributed by atoms with van der Waals surface area (Å²) in [4.78, 5) is 5.51. The first-order chi connectivity index (χ1) is 5.36. The van der Waals surface area contributed by atoms with Crippen LogP contribution in [0.15, 0.2) is 31.5 Å². The van der Waals surface area contributed by atoms with E-state index in [2.05, 4.69) is 11.6 Å². The van der Waals surface area contributed by atoms with E-state index in [1.165, 1.54) is 6.34 Å². The molecule has 1 rings (SSSR count). The van der Waals surface area contributed by atoms with Crippen molar-refractivity contribution in [1.29, 1.82) is 5.41 Å². The molecule has 0 saturated carbocycles. The summed E-state index contributed by atoms with van der Waals surface area (Å²) in [7, 11) is 0. The Kier molecular flexibility index (Phi) is 2.43. The molecule has 0 aliphatic heterocycles. The van der Waals surface area contributed by atoms with Crippen LogP contribution in [0, 0.1) is 5.41 Å². The first-order valence-electron chi connectivity index (χ1n) is 3.21. The maximum Gasteiger partial charge on any atom is 0.101 e. The van der Waals surface area contributed by atoms with Gasteiger partial charge in [0.05, 0.1) is 12.7 Å². The van der Waals surface area contributed by atoms with Crippen LogP contribution in [0.3, 0.4) is 0 Å². The van der Waals surface area contributed by atoms with E-state index in [-0.39, 0.29) is 0 Å². The largest absolute Gasteiger partial charge is 0.322 e. The number of hydrogen-bond donors (Lipinski definition) is 1. The molecule has 4 heteroatoms. The molecule has 0 amide bonds. The van der Waals surface area contributed by atoms with E-state index in [1.807, 2.05) is 10.8 Å². The highest BCUT2D eigenvalue weighted by Gasteiger charge is 1.92. The van der Waals surface area contributed by atoms with Crippen molar-refractivity contribution >= 4 is 6.34 Å². The lowest BCUT2D eigenvalue weighted by Gasteiger charge is -2.12. The summed E-state index contributed by atoms with van der Waals surface area (Å²) in [6.07, 6.45) is 8.03. The minimum Gasteiger partial charge on any atom is -0.322 e. The molecule has 0 saturated heterocycles. The molecule has 11 heavy (non-hydrogen) atoms. The van der Waals surface area contributed by atoms with Gasteiger partial charge in [-0.1, -0.05) is 6.58 Å². The van der Waals surface area contributed by atoms with E-state index in [0.29, 0.717) is 6.67 Å². The number of aromatic nitrogens is 2. The fourth-order valence-corrected chi connectivity index (χ4v) is 0.710. The molecule has 0 aliphatic carbocycles. The van der Waals surface area contributed by atoms with E-state index >= 15 is 0 Å². The summed E-state index contributed by atoms with van der Waals surface area (Å²) >= 11 is 0. The van der Waals surface area contributed by atoms with Crippen LogP contribution in [-0.4, -0.2) is 20.8 Å². The SMILES string of the molecule is C=CN(C=N)Cn1ccnc1. The van der Waals surface area contributed by atoms with Gasteiger partial charge in [-0.25, -0.2) is 4.98 Å². The van der Waals surface area contributed by atoms with E-state index in [0.717, 1.165) is 0 Å². The molecule has 1 aromatic rings. The van der Waals surface area contributed by atoms with E-state index in [9.17, 15) is 0 Å². The van der Waals surface area contributed by atoms with Crippen molar-refractivity contribution in [2.24, 2.45) is 0 Å². The fraction of sp³-hybridized carbons (Fsp3) is 0.143. The van der Waals surface area contributed by atoms with E-state index in [1.54, 1.807) is 23.6 Å². The van der Waals surface area contributed by atoms with Crippen molar-refractivity contribution in [3.8, 4) is 0 Å². The standard InChI is InChI=1S/C7H10N4/c1-2-10(5-8)7-11-4-3-9-6-11/h2-6,8H,1,7H2. The molecule has 4 nitrogen and oxygen atoms in total. The molecule has 0 spiro atoms. The Hall–Kier alpha value is -1.58. The molecule has 0 radical (unpaired) electrons. The normalized spacial score (nSPS) is 9.09. The van der Waals surface area contributed by atoms with Gasteiger partial charge in [-0.3, -0.25) is 5.41 Å². The van der Waals surface area contributed by atoms with Crippen molar-refractivity contribution in [2.75, 3.05) is 0 Å². The maximum atomic E-state index is 6.96. The van der Waals surface area contributed by atoms with Crippen molar-refractivity contribution in [3.63, 3.8) is 0 Å².